The number of rotatable bonds is 12. The van der Waals surface area contributed by atoms with Crippen LogP contribution in [0.25, 0.3) is 60.5 Å². The van der Waals surface area contributed by atoms with Crippen molar-refractivity contribution in [3.63, 3.8) is 0 Å². The quantitative estimate of drug-likeness (QED) is 0.0887. The number of fused-ring (bicyclic) bond motifs is 4. The van der Waals surface area contributed by atoms with Gasteiger partial charge in [-0.15, -0.1) is 11.3 Å². The summed E-state index contributed by atoms with van der Waals surface area (Å²) in [6.45, 7) is 21.9. The van der Waals surface area contributed by atoms with Crippen molar-refractivity contribution >= 4 is 72.1 Å². The second-order valence-electron chi connectivity index (χ2n) is 13.3. The third-order valence-corrected chi connectivity index (χ3v) is 11.6. The number of hydrogen-bond acceptors (Lipinski definition) is 2. The van der Waals surface area contributed by atoms with Gasteiger partial charge < -0.3 is 4.90 Å². The molecular formula is C54H59NS. The summed E-state index contributed by atoms with van der Waals surface area (Å²) in [5.41, 5.74) is 11.3. The molecule has 0 spiro atoms. The van der Waals surface area contributed by atoms with E-state index in [1.807, 2.05) is 45.1 Å². The molecule has 0 fully saturated rings. The molecule has 7 aromatic rings. The topological polar surface area (TPSA) is 3.24 Å². The van der Waals surface area contributed by atoms with Gasteiger partial charge in [0.15, 0.2) is 0 Å². The smallest absolute Gasteiger partial charge is 0.0427 e. The molecule has 286 valence electrons. The average molecular weight is 754 g/mol. The van der Waals surface area contributed by atoms with E-state index in [1.165, 1.54) is 75.5 Å². The fraction of sp³-hybridized carbons (Fsp3) is 0.222. The number of allylic oxidation sites excluding steroid dienone is 4. The zero-order valence-corrected chi connectivity index (χ0v) is 35.6. The third-order valence-electron chi connectivity index (χ3n) is 10.2. The first-order chi connectivity index (χ1) is 27.6. The fourth-order valence-electron chi connectivity index (χ4n) is 7.51. The van der Waals surface area contributed by atoms with Crippen molar-refractivity contribution in [2.75, 3.05) is 11.4 Å². The van der Waals surface area contributed by atoms with Crippen LogP contribution in [0, 0.1) is 6.92 Å². The lowest BCUT2D eigenvalue weighted by atomic mass is 9.92. The Labute approximate surface area is 341 Å². The van der Waals surface area contributed by atoms with Gasteiger partial charge in [-0.1, -0.05) is 182 Å². The summed E-state index contributed by atoms with van der Waals surface area (Å²) >= 11 is 1.96. The van der Waals surface area contributed by atoms with Crippen LogP contribution in [-0.4, -0.2) is 6.54 Å². The number of anilines is 2. The molecule has 0 saturated carbocycles. The number of nitrogens with zero attached hydrogens (tertiary/aromatic N) is 1. The molecule has 56 heavy (non-hydrogen) atoms. The Bertz CT molecular complexity index is 2460. The van der Waals surface area contributed by atoms with Crippen molar-refractivity contribution in [1.82, 2.24) is 0 Å². The lowest BCUT2D eigenvalue weighted by Gasteiger charge is -2.25. The summed E-state index contributed by atoms with van der Waals surface area (Å²) in [7, 11) is 0. The SMILES string of the molecule is C=Cc1c(C)c2ccccc2c2cc(N(C/C=C\C=C(/CC)c3cccc4c(/C=C\CC)c(CC)sc34)c3ccc(-c4ccccc4)cc3)ccc12.CC.CC. The van der Waals surface area contributed by atoms with Crippen LogP contribution in [0.15, 0.2) is 146 Å². The highest BCUT2D eigenvalue weighted by molar-refractivity contribution is 7.19. The minimum atomic E-state index is 0.733. The van der Waals surface area contributed by atoms with Crippen LogP contribution in [0.5, 0.6) is 0 Å². The zero-order chi connectivity index (χ0) is 40.0. The van der Waals surface area contributed by atoms with Gasteiger partial charge >= 0.3 is 0 Å². The van der Waals surface area contributed by atoms with Crippen molar-refractivity contribution in [3.05, 3.63) is 173 Å². The van der Waals surface area contributed by atoms with Crippen LogP contribution in [0.3, 0.4) is 0 Å². The van der Waals surface area contributed by atoms with E-state index in [2.05, 4.69) is 185 Å². The van der Waals surface area contributed by atoms with Crippen molar-refractivity contribution in [2.45, 2.75) is 74.7 Å². The van der Waals surface area contributed by atoms with Crippen LogP contribution in [0.2, 0.25) is 0 Å². The molecule has 2 heteroatoms. The molecule has 0 aliphatic rings. The van der Waals surface area contributed by atoms with E-state index < -0.39 is 0 Å². The Morgan fingerprint density at radius 1 is 0.643 bits per heavy atom. The molecule has 0 unspecified atom stereocenters. The molecule has 0 radical (unpaired) electrons. The number of aryl methyl sites for hydroxylation is 2. The minimum Gasteiger partial charge on any atom is -0.338 e. The largest absolute Gasteiger partial charge is 0.338 e. The van der Waals surface area contributed by atoms with Gasteiger partial charge in [0.2, 0.25) is 0 Å². The summed E-state index contributed by atoms with van der Waals surface area (Å²) < 4.78 is 1.40. The van der Waals surface area contributed by atoms with Crippen LogP contribution >= 0.6 is 11.3 Å². The first-order valence-corrected chi connectivity index (χ1v) is 21.4. The van der Waals surface area contributed by atoms with Gasteiger partial charge in [0.05, 0.1) is 0 Å². The highest BCUT2D eigenvalue weighted by Crippen LogP contribution is 2.40. The average Bonchev–Trinajstić information content (AvgIpc) is 3.64. The molecule has 0 atom stereocenters. The Kier molecular flexibility index (Phi) is 15.2. The van der Waals surface area contributed by atoms with Crippen molar-refractivity contribution in [3.8, 4) is 11.1 Å². The number of hydrogen-bond donors (Lipinski definition) is 0. The molecule has 0 aliphatic carbocycles. The van der Waals surface area contributed by atoms with Gasteiger partial charge in [0.1, 0.15) is 0 Å². The van der Waals surface area contributed by atoms with Crippen LogP contribution in [0.4, 0.5) is 11.4 Å². The summed E-state index contributed by atoms with van der Waals surface area (Å²) in [5.74, 6) is 0. The Morgan fingerprint density at radius 3 is 1.98 bits per heavy atom. The molecule has 0 saturated heterocycles. The van der Waals surface area contributed by atoms with Gasteiger partial charge in [-0.05, 0) is 111 Å². The first-order valence-electron chi connectivity index (χ1n) is 20.6. The normalized spacial score (nSPS) is 11.5. The van der Waals surface area contributed by atoms with Crippen molar-refractivity contribution in [1.29, 1.82) is 0 Å². The molecule has 1 aromatic heterocycles. The number of thiophene rings is 1. The highest BCUT2D eigenvalue weighted by atomic mass is 32.1. The van der Waals surface area contributed by atoms with E-state index in [9.17, 15) is 0 Å². The number of benzene rings is 6. The monoisotopic (exact) mass is 753 g/mol. The Morgan fingerprint density at radius 2 is 1.30 bits per heavy atom. The van der Waals surface area contributed by atoms with Gasteiger partial charge in [-0.25, -0.2) is 0 Å². The second kappa shape index (κ2) is 20.5. The Hall–Kier alpha value is -5.44. The van der Waals surface area contributed by atoms with Gasteiger partial charge in [-0.2, -0.15) is 0 Å². The van der Waals surface area contributed by atoms with E-state index in [0.29, 0.717) is 0 Å². The maximum Gasteiger partial charge on any atom is 0.0427 e. The predicted molar refractivity (Wildman–Crippen MR) is 256 cm³/mol. The van der Waals surface area contributed by atoms with E-state index in [1.54, 1.807) is 0 Å². The fourth-order valence-corrected chi connectivity index (χ4v) is 8.78. The van der Waals surface area contributed by atoms with Gasteiger partial charge in [0.25, 0.3) is 0 Å². The van der Waals surface area contributed by atoms with Crippen molar-refractivity contribution < 1.29 is 0 Å². The van der Waals surface area contributed by atoms with Crippen molar-refractivity contribution in [2.24, 2.45) is 0 Å². The molecule has 7 rings (SSSR count). The summed E-state index contributed by atoms with van der Waals surface area (Å²) in [6, 6.07) is 42.1. The van der Waals surface area contributed by atoms with E-state index in [-0.39, 0.29) is 0 Å². The molecule has 0 bridgehead atoms. The Balaban J connectivity index is 0.00000145. The standard InChI is InChI=1S/C50H47NS.2C2H6/c1-6-10-22-46-47-26-18-25-43(50(47)52-49(46)9-4)36(7-2)19-16-17-33-51(39-29-27-38(28-30-39)37-20-12-11-13-21-37)40-31-32-45-41(8-3)35(5)42-23-14-15-24-44(42)48(45)34-40;2*1-2/h8,10-32,34H,3,6-7,9,33H2,1-2,4-5H3;2*1-2H3/b17-16-,22-10-,36-19+;;. The molecule has 1 nitrogen and oxygen atoms in total. The summed E-state index contributed by atoms with van der Waals surface area (Å²) in [4.78, 5) is 3.89. The second-order valence-corrected chi connectivity index (χ2v) is 14.4. The maximum absolute atomic E-state index is 4.19. The zero-order valence-electron chi connectivity index (χ0n) is 34.8. The summed E-state index contributed by atoms with van der Waals surface area (Å²) in [5, 5.41) is 6.41. The van der Waals surface area contributed by atoms with Crippen LogP contribution in [-0.2, 0) is 6.42 Å². The molecule has 0 aliphatic heterocycles. The first kappa shape index (κ1) is 41.7. The van der Waals surface area contributed by atoms with Gasteiger partial charge in [0, 0.05) is 32.9 Å². The maximum atomic E-state index is 4.19. The van der Waals surface area contributed by atoms with Crippen LogP contribution < -0.4 is 4.90 Å². The van der Waals surface area contributed by atoms with Gasteiger partial charge in [-0.3, -0.25) is 0 Å². The van der Waals surface area contributed by atoms with Crippen LogP contribution in [0.1, 0.15) is 88.4 Å². The lowest BCUT2D eigenvalue weighted by Crippen LogP contribution is -2.16. The summed E-state index contributed by atoms with van der Waals surface area (Å²) in [6.07, 6.45) is 16.6. The molecule has 6 aromatic carbocycles. The molecule has 0 N–H and O–H groups in total. The van der Waals surface area contributed by atoms with E-state index in [0.717, 1.165) is 37.2 Å². The lowest BCUT2D eigenvalue weighted by molar-refractivity contribution is 1.10. The molecular weight excluding hydrogens is 695 g/mol. The van der Waals surface area contributed by atoms with E-state index in [4.69, 9.17) is 0 Å². The highest BCUT2D eigenvalue weighted by Gasteiger charge is 2.15. The molecule has 0 amide bonds. The third kappa shape index (κ3) is 8.83. The minimum absolute atomic E-state index is 0.733. The van der Waals surface area contributed by atoms with E-state index >= 15 is 0 Å². The molecule has 1 heterocycles. The predicted octanol–water partition coefficient (Wildman–Crippen LogP) is 17.1.